The number of amides is 1. The Kier molecular flexibility index (Phi) is 6.37. The molecule has 2 atom stereocenters. The highest BCUT2D eigenvalue weighted by molar-refractivity contribution is 5.79. The number of carbonyl (C=O) groups is 1. The van der Waals surface area contributed by atoms with Crippen LogP contribution in [-0.4, -0.2) is 53.6 Å². The van der Waals surface area contributed by atoms with Crippen molar-refractivity contribution >= 4 is 11.6 Å². The van der Waals surface area contributed by atoms with Crippen LogP contribution in [0.25, 0.3) is 0 Å². The number of aryl methyl sites for hydroxylation is 2. The third kappa shape index (κ3) is 4.91. The molecule has 1 aliphatic rings. The second-order valence-electron chi connectivity index (χ2n) is 7.99. The second-order valence-corrected chi connectivity index (χ2v) is 7.99. The van der Waals surface area contributed by atoms with Gasteiger partial charge in [0.2, 0.25) is 5.91 Å². The quantitative estimate of drug-likeness (QED) is 0.755. The number of nitrogen functional groups attached to an aromatic ring is 1. The summed E-state index contributed by atoms with van der Waals surface area (Å²) in [5.41, 5.74) is 11.2. The number of likely N-dealkylation sites (N-methyl/N-ethyl adjacent to an activating group) is 1. The lowest BCUT2D eigenvalue weighted by Crippen LogP contribution is -2.39. The molecule has 3 N–H and O–H groups in total. The van der Waals surface area contributed by atoms with Crippen molar-refractivity contribution in [3.63, 3.8) is 0 Å². The first kappa shape index (κ1) is 20.4. The molecule has 0 radical (unpaired) electrons. The fourth-order valence-electron chi connectivity index (χ4n) is 3.83. The van der Waals surface area contributed by atoms with Crippen molar-refractivity contribution in [3.8, 4) is 0 Å². The minimum absolute atomic E-state index is 0.0791. The van der Waals surface area contributed by atoms with Crippen molar-refractivity contribution in [1.82, 2.24) is 9.80 Å². The summed E-state index contributed by atoms with van der Waals surface area (Å²) >= 11 is 0. The Bertz CT molecular complexity index is 836. The van der Waals surface area contributed by atoms with E-state index in [1.54, 1.807) is 0 Å². The summed E-state index contributed by atoms with van der Waals surface area (Å²) in [5.74, 6) is 0.0791. The van der Waals surface area contributed by atoms with Crippen molar-refractivity contribution in [3.05, 3.63) is 64.7 Å². The van der Waals surface area contributed by atoms with Crippen LogP contribution in [0, 0.1) is 13.8 Å². The normalized spacial score (nSPS) is 18.2. The number of anilines is 1. The van der Waals surface area contributed by atoms with E-state index in [2.05, 4.69) is 30.9 Å². The number of rotatable bonds is 6. The molecular formula is C23H31N3O2. The van der Waals surface area contributed by atoms with Gasteiger partial charge in [-0.1, -0.05) is 30.3 Å². The van der Waals surface area contributed by atoms with Gasteiger partial charge in [-0.15, -0.1) is 0 Å². The van der Waals surface area contributed by atoms with E-state index < -0.39 is 0 Å². The van der Waals surface area contributed by atoms with Crippen LogP contribution in [0.15, 0.2) is 42.5 Å². The molecule has 5 nitrogen and oxygen atoms in total. The Hall–Kier alpha value is -2.37. The number of aliphatic hydroxyl groups is 1. The van der Waals surface area contributed by atoms with E-state index in [9.17, 15) is 9.90 Å². The number of aliphatic hydroxyl groups excluding tert-OH is 1. The number of carbonyl (C=O) groups excluding carboxylic acids is 1. The average molecular weight is 382 g/mol. The first-order chi connectivity index (χ1) is 13.3. The van der Waals surface area contributed by atoms with Crippen molar-refractivity contribution in [2.75, 3.05) is 32.4 Å². The van der Waals surface area contributed by atoms with Crippen LogP contribution in [-0.2, 0) is 11.2 Å². The summed E-state index contributed by atoms with van der Waals surface area (Å²) in [6.07, 6.45) is 0.876. The minimum Gasteiger partial charge on any atom is -0.399 e. The standard InChI is InChI=1S/C23H31N3O2/c1-16-7-8-18(11-17(16)2)12-23(28)25(3)22(15-26-10-9-21(27)14-26)19-5-4-6-20(24)13-19/h4-8,11,13,21-22,27H,9-10,12,14-15,24H2,1-3H3. The van der Waals surface area contributed by atoms with Gasteiger partial charge in [-0.25, -0.2) is 0 Å². The van der Waals surface area contributed by atoms with Gasteiger partial charge in [-0.05, 0) is 54.7 Å². The van der Waals surface area contributed by atoms with Gasteiger partial charge >= 0.3 is 0 Å². The van der Waals surface area contributed by atoms with Gasteiger partial charge in [0.25, 0.3) is 0 Å². The number of hydrogen-bond donors (Lipinski definition) is 2. The molecule has 5 heteroatoms. The molecule has 0 saturated carbocycles. The third-order valence-corrected chi connectivity index (χ3v) is 5.76. The van der Waals surface area contributed by atoms with Gasteiger partial charge < -0.3 is 15.7 Å². The van der Waals surface area contributed by atoms with E-state index >= 15 is 0 Å². The maximum absolute atomic E-state index is 13.1. The Balaban J connectivity index is 1.79. The SMILES string of the molecule is Cc1ccc(CC(=O)N(C)C(CN2CCC(O)C2)c2cccc(N)c2)cc1C. The molecule has 150 valence electrons. The van der Waals surface area contributed by atoms with E-state index in [0.29, 0.717) is 25.2 Å². The fraction of sp³-hybridized carbons (Fsp3) is 0.435. The van der Waals surface area contributed by atoms with E-state index in [1.165, 1.54) is 11.1 Å². The van der Waals surface area contributed by atoms with Crippen molar-refractivity contribution in [1.29, 1.82) is 0 Å². The van der Waals surface area contributed by atoms with E-state index in [1.807, 2.05) is 42.3 Å². The van der Waals surface area contributed by atoms with Crippen molar-refractivity contribution < 1.29 is 9.90 Å². The third-order valence-electron chi connectivity index (χ3n) is 5.76. The molecule has 28 heavy (non-hydrogen) atoms. The Morgan fingerprint density at radius 2 is 2.04 bits per heavy atom. The number of hydrogen-bond acceptors (Lipinski definition) is 4. The molecule has 1 heterocycles. The Morgan fingerprint density at radius 3 is 2.68 bits per heavy atom. The zero-order chi connectivity index (χ0) is 20.3. The molecule has 1 fully saturated rings. The summed E-state index contributed by atoms with van der Waals surface area (Å²) in [4.78, 5) is 17.1. The number of nitrogens with zero attached hydrogens (tertiary/aromatic N) is 2. The van der Waals surface area contributed by atoms with Crippen molar-refractivity contribution in [2.45, 2.75) is 38.8 Å². The molecule has 2 aromatic rings. The van der Waals surface area contributed by atoms with Gasteiger partial charge in [0.1, 0.15) is 0 Å². The van der Waals surface area contributed by atoms with Gasteiger partial charge in [0.05, 0.1) is 18.6 Å². The minimum atomic E-state index is -0.280. The number of likely N-dealkylation sites (tertiary alicyclic amines) is 1. The first-order valence-corrected chi connectivity index (χ1v) is 9.91. The van der Waals surface area contributed by atoms with Crippen LogP contribution in [0.2, 0.25) is 0 Å². The first-order valence-electron chi connectivity index (χ1n) is 9.91. The maximum Gasteiger partial charge on any atom is 0.227 e. The molecule has 3 rings (SSSR count). The van der Waals surface area contributed by atoms with Crippen LogP contribution < -0.4 is 5.73 Å². The lowest BCUT2D eigenvalue weighted by Gasteiger charge is -2.32. The highest BCUT2D eigenvalue weighted by atomic mass is 16.3. The highest BCUT2D eigenvalue weighted by Crippen LogP contribution is 2.25. The zero-order valence-electron chi connectivity index (χ0n) is 17.1. The van der Waals surface area contributed by atoms with Crippen LogP contribution in [0.4, 0.5) is 5.69 Å². The largest absolute Gasteiger partial charge is 0.399 e. The predicted molar refractivity (Wildman–Crippen MR) is 113 cm³/mol. The van der Waals surface area contributed by atoms with Gasteiger partial charge in [0, 0.05) is 32.4 Å². The summed E-state index contributed by atoms with van der Waals surface area (Å²) in [7, 11) is 1.86. The van der Waals surface area contributed by atoms with E-state index in [0.717, 1.165) is 24.1 Å². The lowest BCUT2D eigenvalue weighted by molar-refractivity contribution is -0.131. The van der Waals surface area contributed by atoms with Crippen LogP contribution in [0.5, 0.6) is 0 Å². The molecule has 0 aromatic heterocycles. The smallest absolute Gasteiger partial charge is 0.227 e. The Morgan fingerprint density at radius 1 is 1.25 bits per heavy atom. The highest BCUT2D eigenvalue weighted by Gasteiger charge is 2.28. The molecular weight excluding hydrogens is 350 g/mol. The lowest BCUT2D eigenvalue weighted by atomic mass is 10.0. The average Bonchev–Trinajstić information content (AvgIpc) is 3.07. The molecule has 1 aliphatic heterocycles. The van der Waals surface area contributed by atoms with Gasteiger partial charge in [0.15, 0.2) is 0 Å². The predicted octanol–water partition coefficient (Wildman–Crippen LogP) is 2.69. The van der Waals surface area contributed by atoms with Crippen LogP contribution >= 0.6 is 0 Å². The monoisotopic (exact) mass is 381 g/mol. The molecule has 0 bridgehead atoms. The number of benzene rings is 2. The topological polar surface area (TPSA) is 69.8 Å². The summed E-state index contributed by atoms with van der Waals surface area (Å²) in [5, 5.41) is 9.88. The fourth-order valence-corrected chi connectivity index (χ4v) is 3.83. The van der Waals surface area contributed by atoms with Gasteiger partial charge in [-0.2, -0.15) is 0 Å². The maximum atomic E-state index is 13.1. The molecule has 0 spiro atoms. The summed E-state index contributed by atoms with van der Waals surface area (Å²) in [6, 6.07) is 13.8. The van der Waals surface area contributed by atoms with Crippen LogP contribution in [0.3, 0.4) is 0 Å². The van der Waals surface area contributed by atoms with Gasteiger partial charge in [-0.3, -0.25) is 9.69 Å². The van der Waals surface area contributed by atoms with E-state index in [-0.39, 0.29) is 18.1 Å². The summed E-state index contributed by atoms with van der Waals surface area (Å²) < 4.78 is 0. The number of nitrogens with two attached hydrogens (primary N) is 1. The van der Waals surface area contributed by atoms with E-state index in [4.69, 9.17) is 5.73 Å². The number of β-amino-alcohol motifs (C(OH)–C–C–N with tert-alkyl or cyclic N) is 1. The Labute approximate surface area is 167 Å². The molecule has 1 amide bonds. The summed E-state index contributed by atoms with van der Waals surface area (Å²) in [6.45, 7) is 6.33. The molecule has 1 saturated heterocycles. The van der Waals surface area contributed by atoms with Crippen molar-refractivity contribution in [2.24, 2.45) is 0 Å². The van der Waals surface area contributed by atoms with Crippen LogP contribution in [0.1, 0.15) is 34.7 Å². The molecule has 0 aliphatic carbocycles. The molecule has 2 aromatic carbocycles. The zero-order valence-corrected chi connectivity index (χ0v) is 17.1. The second kappa shape index (κ2) is 8.76. The molecule has 2 unspecified atom stereocenters.